The summed E-state index contributed by atoms with van der Waals surface area (Å²) in [6.45, 7) is 6.99. The summed E-state index contributed by atoms with van der Waals surface area (Å²) in [5.74, 6) is 0.757. The first-order valence-corrected chi connectivity index (χ1v) is 8.95. The molecule has 3 nitrogen and oxygen atoms in total. The van der Waals surface area contributed by atoms with E-state index in [2.05, 4.69) is 26.1 Å². The van der Waals surface area contributed by atoms with E-state index in [-0.39, 0.29) is 5.91 Å². The number of hydrogen-bond acceptors (Lipinski definition) is 3. The number of hydrogen-bond donors (Lipinski definition) is 2. The van der Waals surface area contributed by atoms with Crippen LogP contribution in [0.3, 0.4) is 0 Å². The molecule has 0 saturated heterocycles. The second-order valence-electron chi connectivity index (χ2n) is 7.27. The van der Waals surface area contributed by atoms with Gasteiger partial charge in [-0.3, -0.25) is 4.79 Å². The van der Waals surface area contributed by atoms with Gasteiger partial charge in [0.15, 0.2) is 0 Å². The zero-order valence-corrected chi connectivity index (χ0v) is 14.1. The van der Waals surface area contributed by atoms with Crippen LogP contribution < -0.4 is 11.1 Å². The molecule has 0 radical (unpaired) electrons. The van der Waals surface area contributed by atoms with E-state index in [0.717, 1.165) is 31.2 Å². The molecule has 0 unspecified atom stereocenters. The third kappa shape index (κ3) is 2.83. The van der Waals surface area contributed by atoms with Crippen LogP contribution in [-0.2, 0) is 12.8 Å². The Morgan fingerprint density at radius 1 is 1.38 bits per heavy atom. The summed E-state index contributed by atoms with van der Waals surface area (Å²) in [6, 6.07) is 0.391. The summed E-state index contributed by atoms with van der Waals surface area (Å²) < 4.78 is 0. The first kappa shape index (κ1) is 14.9. The predicted molar refractivity (Wildman–Crippen MR) is 88.8 cm³/mol. The maximum absolute atomic E-state index is 12.4. The van der Waals surface area contributed by atoms with Crippen LogP contribution in [0.25, 0.3) is 0 Å². The van der Waals surface area contributed by atoms with Gasteiger partial charge in [0.1, 0.15) is 0 Å². The van der Waals surface area contributed by atoms with Gasteiger partial charge in [-0.15, -0.1) is 11.3 Å². The number of anilines is 1. The van der Waals surface area contributed by atoms with E-state index in [1.165, 1.54) is 23.3 Å². The topological polar surface area (TPSA) is 55.1 Å². The molecule has 0 spiro atoms. The zero-order valence-electron chi connectivity index (χ0n) is 13.3. The number of fused-ring (bicyclic) bond motifs is 1. The first-order valence-electron chi connectivity index (χ1n) is 8.13. The van der Waals surface area contributed by atoms with Crippen molar-refractivity contribution in [3.8, 4) is 0 Å². The van der Waals surface area contributed by atoms with Crippen LogP contribution in [0.5, 0.6) is 0 Å². The Bertz CT molecular complexity index is 557. The monoisotopic (exact) mass is 306 g/mol. The van der Waals surface area contributed by atoms with Gasteiger partial charge in [-0.1, -0.05) is 27.2 Å². The van der Waals surface area contributed by atoms with E-state index in [4.69, 9.17) is 5.73 Å². The molecule has 1 heterocycles. The lowest BCUT2D eigenvalue weighted by molar-refractivity contribution is 0.0950. The highest BCUT2D eigenvalue weighted by molar-refractivity contribution is 7.16. The number of rotatable bonds is 4. The van der Waals surface area contributed by atoms with Gasteiger partial charge in [-0.2, -0.15) is 0 Å². The van der Waals surface area contributed by atoms with Crippen molar-refractivity contribution >= 4 is 22.2 Å². The Morgan fingerprint density at radius 2 is 2.10 bits per heavy atom. The molecule has 1 aromatic rings. The molecule has 4 heteroatoms. The van der Waals surface area contributed by atoms with Crippen molar-refractivity contribution in [1.29, 1.82) is 0 Å². The summed E-state index contributed by atoms with van der Waals surface area (Å²) in [6.07, 6.45) is 6.69. The second kappa shape index (κ2) is 5.31. The molecule has 0 bridgehead atoms. The Labute approximate surface area is 131 Å². The number of nitrogens with two attached hydrogens (primary N) is 1. The molecule has 1 amide bonds. The van der Waals surface area contributed by atoms with Crippen molar-refractivity contribution in [3.05, 3.63) is 16.0 Å². The van der Waals surface area contributed by atoms with E-state index in [9.17, 15) is 4.79 Å². The van der Waals surface area contributed by atoms with E-state index in [1.807, 2.05) is 0 Å². The van der Waals surface area contributed by atoms with E-state index >= 15 is 0 Å². The number of carbonyl (C=O) groups excluding carboxylic acids is 1. The quantitative estimate of drug-likeness (QED) is 0.890. The first-order chi connectivity index (χ1) is 9.92. The minimum Gasteiger partial charge on any atom is -0.390 e. The molecular formula is C17H26N2OS. The second-order valence-corrected chi connectivity index (χ2v) is 8.41. The lowest BCUT2D eigenvalue weighted by Gasteiger charge is -2.36. The third-order valence-electron chi connectivity index (χ3n) is 5.45. The number of amides is 1. The van der Waals surface area contributed by atoms with Gasteiger partial charge in [-0.25, -0.2) is 0 Å². The average molecular weight is 306 g/mol. The Kier molecular flexibility index (Phi) is 3.76. The summed E-state index contributed by atoms with van der Waals surface area (Å²) >= 11 is 1.64. The van der Waals surface area contributed by atoms with Gasteiger partial charge < -0.3 is 11.1 Å². The Morgan fingerprint density at radius 3 is 2.71 bits per heavy atom. The van der Waals surface area contributed by atoms with Crippen LogP contribution in [0.15, 0.2) is 0 Å². The SMILES string of the molecule is CCC(C)(C)[C@@H]1CCc2c(sc(N)c2C(=O)NC2CC2)C1. The van der Waals surface area contributed by atoms with Gasteiger partial charge >= 0.3 is 0 Å². The summed E-state index contributed by atoms with van der Waals surface area (Å²) in [5, 5.41) is 3.80. The molecule has 3 rings (SSSR count). The van der Waals surface area contributed by atoms with Crippen molar-refractivity contribution in [1.82, 2.24) is 5.32 Å². The van der Waals surface area contributed by atoms with Crippen molar-refractivity contribution in [2.24, 2.45) is 11.3 Å². The average Bonchev–Trinajstić information content (AvgIpc) is 3.17. The number of nitrogens with one attached hydrogen (secondary N) is 1. The van der Waals surface area contributed by atoms with Crippen LogP contribution in [0.4, 0.5) is 5.00 Å². The molecule has 2 aliphatic carbocycles. The molecule has 1 aromatic heterocycles. The third-order valence-corrected chi connectivity index (χ3v) is 6.53. The van der Waals surface area contributed by atoms with Crippen LogP contribution in [0.2, 0.25) is 0 Å². The number of nitrogen functional groups attached to an aromatic ring is 1. The summed E-state index contributed by atoms with van der Waals surface area (Å²) in [5.41, 5.74) is 8.55. The smallest absolute Gasteiger partial charge is 0.254 e. The lowest BCUT2D eigenvalue weighted by atomic mass is 9.69. The molecule has 1 atom stereocenters. The molecule has 1 fully saturated rings. The molecule has 1 saturated carbocycles. The van der Waals surface area contributed by atoms with E-state index in [0.29, 0.717) is 22.4 Å². The Hall–Kier alpha value is -1.03. The summed E-state index contributed by atoms with van der Waals surface area (Å²) in [4.78, 5) is 13.8. The fourth-order valence-corrected chi connectivity index (χ4v) is 4.49. The zero-order chi connectivity index (χ0) is 15.2. The van der Waals surface area contributed by atoms with Crippen molar-refractivity contribution in [3.63, 3.8) is 0 Å². The minimum absolute atomic E-state index is 0.0562. The van der Waals surface area contributed by atoms with Gasteiger partial charge in [0, 0.05) is 10.9 Å². The fourth-order valence-electron chi connectivity index (χ4n) is 3.30. The molecule has 116 valence electrons. The van der Waals surface area contributed by atoms with Crippen molar-refractivity contribution in [2.75, 3.05) is 5.73 Å². The van der Waals surface area contributed by atoms with Gasteiger partial charge in [0.05, 0.1) is 10.6 Å². The van der Waals surface area contributed by atoms with Crippen molar-refractivity contribution in [2.45, 2.75) is 65.3 Å². The highest BCUT2D eigenvalue weighted by atomic mass is 32.1. The molecule has 0 aromatic carbocycles. The van der Waals surface area contributed by atoms with Crippen LogP contribution in [0, 0.1) is 11.3 Å². The van der Waals surface area contributed by atoms with Gasteiger partial charge in [-0.05, 0) is 49.0 Å². The van der Waals surface area contributed by atoms with E-state index in [1.54, 1.807) is 11.3 Å². The number of carbonyl (C=O) groups is 1. The maximum atomic E-state index is 12.4. The highest BCUT2D eigenvalue weighted by Gasteiger charge is 2.35. The van der Waals surface area contributed by atoms with Crippen molar-refractivity contribution < 1.29 is 4.79 Å². The molecule has 2 aliphatic rings. The van der Waals surface area contributed by atoms with E-state index < -0.39 is 0 Å². The Balaban J connectivity index is 1.83. The fraction of sp³-hybridized carbons (Fsp3) is 0.706. The highest BCUT2D eigenvalue weighted by Crippen LogP contribution is 2.44. The van der Waals surface area contributed by atoms with Crippen LogP contribution in [-0.4, -0.2) is 11.9 Å². The predicted octanol–water partition coefficient (Wildman–Crippen LogP) is 3.76. The minimum atomic E-state index is 0.0562. The molecule has 3 N–H and O–H groups in total. The standard InChI is InChI=1S/C17H26N2OS/c1-4-17(2,3)10-5-8-12-13(9-10)21-15(18)14(12)16(20)19-11-6-7-11/h10-11H,4-9,18H2,1-3H3,(H,19,20)/t10-/m1/s1. The molecule has 0 aliphatic heterocycles. The normalized spacial score (nSPS) is 22.0. The summed E-state index contributed by atoms with van der Waals surface area (Å²) in [7, 11) is 0. The largest absolute Gasteiger partial charge is 0.390 e. The van der Waals surface area contributed by atoms with Gasteiger partial charge in [0.25, 0.3) is 5.91 Å². The number of thiophene rings is 1. The van der Waals surface area contributed by atoms with Gasteiger partial charge in [0.2, 0.25) is 0 Å². The van der Waals surface area contributed by atoms with Crippen LogP contribution >= 0.6 is 11.3 Å². The molecule has 21 heavy (non-hydrogen) atoms. The molecular weight excluding hydrogens is 280 g/mol. The maximum Gasteiger partial charge on any atom is 0.254 e. The lowest BCUT2D eigenvalue weighted by Crippen LogP contribution is -2.30. The van der Waals surface area contributed by atoms with Crippen LogP contribution in [0.1, 0.15) is 67.3 Å².